The molecule has 0 aliphatic heterocycles. The molecule has 0 N–H and O–H groups in total. The molecule has 2 nitrogen and oxygen atoms in total. The number of benzene rings is 3. The highest BCUT2D eigenvalue weighted by Gasteiger charge is 2.31. The van der Waals surface area contributed by atoms with Crippen molar-refractivity contribution in [1.82, 2.24) is 4.98 Å². The van der Waals surface area contributed by atoms with Crippen molar-refractivity contribution in [1.29, 1.82) is 0 Å². The van der Waals surface area contributed by atoms with Crippen molar-refractivity contribution in [2.75, 3.05) is 0 Å². The first-order valence-corrected chi connectivity index (χ1v) is 8.21. The summed E-state index contributed by atoms with van der Waals surface area (Å²) in [6.07, 6.45) is -2.39. The van der Waals surface area contributed by atoms with Crippen molar-refractivity contribution in [3.63, 3.8) is 0 Å². The molecule has 0 spiro atoms. The van der Waals surface area contributed by atoms with Gasteiger partial charge in [-0.15, -0.1) is 0 Å². The van der Waals surface area contributed by atoms with Gasteiger partial charge in [0.15, 0.2) is 5.52 Å². The van der Waals surface area contributed by atoms with Gasteiger partial charge in [-0.25, -0.2) is 4.57 Å². The van der Waals surface area contributed by atoms with Crippen LogP contribution in [0.4, 0.5) is 13.2 Å². The third-order valence-corrected chi connectivity index (χ3v) is 4.61. The Morgan fingerprint density at radius 3 is 2.38 bits per heavy atom. The van der Waals surface area contributed by atoms with Crippen LogP contribution in [0.3, 0.4) is 0 Å². The largest absolute Gasteiger partial charge is 0.416 e. The zero-order valence-corrected chi connectivity index (χ0v) is 14.3. The second-order valence-electron chi connectivity index (χ2n) is 6.43. The van der Waals surface area contributed by atoms with Crippen molar-refractivity contribution < 1.29 is 17.7 Å². The van der Waals surface area contributed by atoms with E-state index in [0.29, 0.717) is 17.0 Å². The predicted molar refractivity (Wildman–Crippen MR) is 95.6 cm³/mol. The number of rotatable bonds is 1. The second kappa shape index (κ2) is 5.80. The standard InChI is InChI=1S/C21H16F3N2/c1-13-11-16(21(22,23)24)9-10-17(13)20-25-19-15(12-26(20)2)8-7-14-5-3-4-6-18(14)19/h3-12H,1-2H3/q+1. The molecule has 5 heteroatoms. The Bertz CT molecular complexity index is 1150. The van der Waals surface area contributed by atoms with E-state index in [1.54, 1.807) is 6.92 Å². The predicted octanol–water partition coefficient (Wildman–Crippen LogP) is 5.21. The highest BCUT2D eigenvalue weighted by molar-refractivity contribution is 6.04. The van der Waals surface area contributed by atoms with E-state index >= 15 is 0 Å². The summed E-state index contributed by atoms with van der Waals surface area (Å²) in [5, 5.41) is 3.09. The van der Waals surface area contributed by atoms with E-state index in [1.165, 1.54) is 12.1 Å². The summed E-state index contributed by atoms with van der Waals surface area (Å²) in [7, 11) is 1.86. The molecule has 0 aliphatic rings. The van der Waals surface area contributed by atoms with Gasteiger partial charge in [0, 0.05) is 5.39 Å². The van der Waals surface area contributed by atoms with Gasteiger partial charge in [0.05, 0.1) is 23.6 Å². The lowest BCUT2D eigenvalue weighted by Crippen LogP contribution is -2.32. The maximum atomic E-state index is 12.9. The van der Waals surface area contributed by atoms with E-state index in [4.69, 9.17) is 4.98 Å². The van der Waals surface area contributed by atoms with Crippen molar-refractivity contribution >= 4 is 21.7 Å². The van der Waals surface area contributed by atoms with Crippen LogP contribution in [0.5, 0.6) is 0 Å². The molecule has 0 unspecified atom stereocenters. The van der Waals surface area contributed by atoms with E-state index in [-0.39, 0.29) is 0 Å². The molecule has 0 radical (unpaired) electrons. The molecule has 4 aromatic rings. The minimum Gasteiger partial charge on any atom is -0.232 e. The van der Waals surface area contributed by atoms with Gasteiger partial charge in [-0.05, 0) is 53.2 Å². The number of aryl methyl sites for hydroxylation is 2. The molecule has 0 saturated carbocycles. The van der Waals surface area contributed by atoms with E-state index in [0.717, 1.165) is 27.7 Å². The molecule has 4 rings (SSSR count). The molecule has 130 valence electrons. The fraction of sp³-hybridized carbons (Fsp3) is 0.143. The minimum absolute atomic E-state index is 0.544. The minimum atomic E-state index is -4.35. The molecule has 26 heavy (non-hydrogen) atoms. The van der Waals surface area contributed by atoms with Crippen LogP contribution in [0.15, 0.2) is 60.8 Å². The molecule has 0 fully saturated rings. The Labute approximate surface area is 148 Å². The normalized spacial score (nSPS) is 12.0. The van der Waals surface area contributed by atoms with Gasteiger partial charge in [-0.1, -0.05) is 24.3 Å². The van der Waals surface area contributed by atoms with Crippen LogP contribution in [0.1, 0.15) is 11.1 Å². The van der Waals surface area contributed by atoms with Crippen LogP contribution in [0, 0.1) is 6.92 Å². The first-order valence-electron chi connectivity index (χ1n) is 8.21. The Balaban J connectivity index is 1.97. The van der Waals surface area contributed by atoms with Crippen molar-refractivity contribution in [2.24, 2.45) is 7.05 Å². The van der Waals surface area contributed by atoms with Crippen LogP contribution in [0.2, 0.25) is 0 Å². The zero-order valence-electron chi connectivity index (χ0n) is 14.3. The zero-order chi connectivity index (χ0) is 18.5. The van der Waals surface area contributed by atoms with E-state index < -0.39 is 11.7 Å². The number of hydrogen-bond acceptors (Lipinski definition) is 1. The number of fused-ring (bicyclic) bond motifs is 3. The third-order valence-electron chi connectivity index (χ3n) is 4.61. The van der Waals surface area contributed by atoms with Gasteiger partial charge in [0.1, 0.15) is 6.20 Å². The van der Waals surface area contributed by atoms with Gasteiger partial charge in [0.2, 0.25) is 0 Å². The molecule has 0 saturated heterocycles. The Hall–Kier alpha value is -2.95. The van der Waals surface area contributed by atoms with Crippen LogP contribution >= 0.6 is 0 Å². The summed E-state index contributed by atoms with van der Waals surface area (Å²) in [4.78, 5) is 4.81. The molecule has 0 amide bonds. The maximum Gasteiger partial charge on any atom is 0.416 e. The van der Waals surface area contributed by atoms with Gasteiger partial charge in [-0.3, -0.25) is 0 Å². The summed E-state index contributed by atoms with van der Waals surface area (Å²) in [5.41, 5.74) is 1.43. The fourth-order valence-corrected chi connectivity index (χ4v) is 3.30. The smallest absolute Gasteiger partial charge is 0.232 e. The molecular weight excluding hydrogens is 337 g/mol. The molecule has 1 aromatic heterocycles. The lowest BCUT2D eigenvalue weighted by Gasteiger charge is -2.10. The number of hydrogen-bond donors (Lipinski definition) is 0. The average Bonchev–Trinajstić information content (AvgIpc) is 2.60. The summed E-state index contributed by atoms with van der Waals surface area (Å²) in [5.74, 6) is 0.639. The topological polar surface area (TPSA) is 16.8 Å². The molecule has 0 bridgehead atoms. The lowest BCUT2D eigenvalue weighted by molar-refractivity contribution is -0.661. The molecule has 0 atom stereocenters. The SMILES string of the molecule is Cc1cc(C(F)(F)F)ccc1-c1nc2c(ccc3ccccc32)c[n+]1C. The molecular formula is C21H16F3N2+. The van der Waals surface area contributed by atoms with Crippen LogP contribution in [-0.4, -0.2) is 4.98 Å². The summed E-state index contributed by atoms with van der Waals surface area (Å²) in [6.45, 7) is 1.68. The van der Waals surface area contributed by atoms with Gasteiger partial charge in [-0.2, -0.15) is 13.2 Å². The first kappa shape index (κ1) is 16.5. The van der Waals surface area contributed by atoms with Crippen LogP contribution in [-0.2, 0) is 13.2 Å². The van der Waals surface area contributed by atoms with Gasteiger partial charge < -0.3 is 0 Å². The second-order valence-corrected chi connectivity index (χ2v) is 6.43. The van der Waals surface area contributed by atoms with E-state index in [9.17, 15) is 13.2 Å². The molecule has 0 aliphatic carbocycles. The Kier molecular flexibility index (Phi) is 3.68. The molecule has 1 heterocycles. The van der Waals surface area contributed by atoms with Gasteiger partial charge >= 0.3 is 12.0 Å². The maximum absolute atomic E-state index is 12.9. The van der Waals surface area contributed by atoms with E-state index in [1.807, 2.05) is 54.2 Å². The monoisotopic (exact) mass is 353 g/mol. The summed E-state index contributed by atoms with van der Waals surface area (Å²) in [6, 6.07) is 15.8. The number of alkyl halides is 3. The summed E-state index contributed by atoms with van der Waals surface area (Å²) >= 11 is 0. The average molecular weight is 353 g/mol. The first-order chi connectivity index (χ1) is 12.3. The van der Waals surface area contributed by atoms with E-state index in [2.05, 4.69) is 0 Å². The van der Waals surface area contributed by atoms with Crippen molar-refractivity contribution in [2.45, 2.75) is 13.1 Å². The third kappa shape index (κ3) is 2.69. The fourth-order valence-electron chi connectivity index (χ4n) is 3.30. The van der Waals surface area contributed by atoms with Gasteiger partial charge in [0.25, 0.3) is 0 Å². The highest BCUT2D eigenvalue weighted by atomic mass is 19.4. The molecule has 3 aromatic carbocycles. The van der Waals surface area contributed by atoms with Crippen molar-refractivity contribution in [3.8, 4) is 11.4 Å². The number of nitrogens with zero attached hydrogens (tertiary/aromatic N) is 2. The Morgan fingerprint density at radius 1 is 0.923 bits per heavy atom. The summed E-state index contributed by atoms with van der Waals surface area (Å²) < 4.78 is 40.7. The van der Waals surface area contributed by atoms with Crippen molar-refractivity contribution in [3.05, 3.63) is 71.9 Å². The van der Waals surface area contributed by atoms with Crippen LogP contribution < -0.4 is 4.57 Å². The number of halogens is 3. The highest BCUT2D eigenvalue weighted by Crippen LogP contribution is 2.32. The lowest BCUT2D eigenvalue weighted by atomic mass is 10.0. The van der Waals surface area contributed by atoms with Crippen LogP contribution in [0.25, 0.3) is 33.1 Å². The number of aromatic nitrogens is 2. The quantitative estimate of drug-likeness (QED) is 0.339. The Morgan fingerprint density at radius 2 is 1.65 bits per heavy atom.